The molecule has 2 saturated heterocycles. The summed E-state index contributed by atoms with van der Waals surface area (Å²) in [5.41, 5.74) is 2.64. The van der Waals surface area contributed by atoms with Gasteiger partial charge in [0.1, 0.15) is 0 Å². The van der Waals surface area contributed by atoms with Crippen LogP contribution in [0.5, 0.6) is 0 Å². The maximum atomic E-state index is 11.6. The van der Waals surface area contributed by atoms with Crippen LogP contribution in [0.4, 0.5) is 4.79 Å². The molecular weight excluding hydrogens is 471 g/mol. The first-order valence-corrected chi connectivity index (χ1v) is 9.38. The number of aryl methyl sites for hydroxylation is 1. The lowest BCUT2D eigenvalue weighted by Crippen LogP contribution is -2.53. The molecule has 0 aliphatic carbocycles. The number of imide groups is 1. The average molecular weight is 500 g/mol. The molecule has 2 N–H and O–H groups in total. The molecule has 2 aliphatic rings. The molecule has 2 fully saturated rings. The number of benzene rings is 1. The van der Waals surface area contributed by atoms with Crippen molar-refractivity contribution in [3.8, 4) is 0 Å². The van der Waals surface area contributed by atoms with Crippen molar-refractivity contribution in [2.45, 2.75) is 13.5 Å². The molecule has 0 unspecified atom stereocenters. The summed E-state index contributed by atoms with van der Waals surface area (Å²) >= 11 is 0. The molecule has 1 aromatic carbocycles. The minimum absolute atomic E-state index is 0. The quantitative estimate of drug-likeness (QED) is 0.272. The smallest absolute Gasteiger partial charge is 0.324 e. The molecule has 9 heteroatoms. The fraction of sp³-hybridized carbons (Fsp3) is 0.526. The molecule has 1 aromatic rings. The third-order valence-corrected chi connectivity index (χ3v) is 4.93. The van der Waals surface area contributed by atoms with Crippen LogP contribution in [0.1, 0.15) is 11.1 Å². The van der Waals surface area contributed by atoms with Crippen molar-refractivity contribution in [1.82, 2.24) is 25.3 Å². The van der Waals surface area contributed by atoms with E-state index in [9.17, 15) is 9.59 Å². The first kappa shape index (κ1) is 22.4. The van der Waals surface area contributed by atoms with Crippen LogP contribution in [-0.2, 0) is 11.3 Å². The van der Waals surface area contributed by atoms with E-state index in [0.717, 1.165) is 38.7 Å². The monoisotopic (exact) mass is 500 g/mol. The summed E-state index contributed by atoms with van der Waals surface area (Å²) in [6.07, 6.45) is 0. The van der Waals surface area contributed by atoms with Crippen molar-refractivity contribution in [3.63, 3.8) is 0 Å². The number of carbonyl (C=O) groups excluding carboxylic acids is 2. The van der Waals surface area contributed by atoms with Crippen LogP contribution in [0.2, 0.25) is 0 Å². The van der Waals surface area contributed by atoms with E-state index in [1.807, 2.05) is 0 Å². The van der Waals surface area contributed by atoms with Gasteiger partial charge in [0.15, 0.2) is 5.96 Å². The van der Waals surface area contributed by atoms with Crippen molar-refractivity contribution in [1.29, 1.82) is 0 Å². The van der Waals surface area contributed by atoms with Gasteiger partial charge in [-0.2, -0.15) is 0 Å². The van der Waals surface area contributed by atoms with Gasteiger partial charge in [-0.15, -0.1) is 24.0 Å². The third-order valence-electron chi connectivity index (χ3n) is 4.93. The highest BCUT2D eigenvalue weighted by Crippen LogP contribution is 2.10. The summed E-state index contributed by atoms with van der Waals surface area (Å²) < 4.78 is 0. The number of nitrogens with one attached hydrogen (secondary N) is 2. The number of guanidine groups is 1. The van der Waals surface area contributed by atoms with E-state index < -0.39 is 0 Å². The Hall–Kier alpha value is -1.88. The molecule has 0 bridgehead atoms. The van der Waals surface area contributed by atoms with Gasteiger partial charge in [0.25, 0.3) is 0 Å². The van der Waals surface area contributed by atoms with Crippen molar-refractivity contribution >= 4 is 41.9 Å². The minimum Gasteiger partial charge on any atom is -0.354 e. The van der Waals surface area contributed by atoms with Gasteiger partial charge >= 0.3 is 6.03 Å². The van der Waals surface area contributed by atoms with E-state index in [2.05, 4.69) is 56.6 Å². The molecule has 0 saturated carbocycles. The maximum absolute atomic E-state index is 11.6. The number of urea groups is 1. The van der Waals surface area contributed by atoms with Gasteiger partial charge in [0, 0.05) is 52.9 Å². The van der Waals surface area contributed by atoms with Crippen LogP contribution < -0.4 is 10.6 Å². The molecule has 8 nitrogen and oxygen atoms in total. The Morgan fingerprint density at radius 2 is 1.96 bits per heavy atom. The number of hydrogen-bond donors (Lipinski definition) is 2. The Morgan fingerprint density at radius 3 is 2.57 bits per heavy atom. The molecule has 0 atom stereocenters. The summed E-state index contributed by atoms with van der Waals surface area (Å²) in [5, 5.41) is 5.79. The van der Waals surface area contributed by atoms with Crippen LogP contribution in [0.25, 0.3) is 0 Å². The van der Waals surface area contributed by atoms with Gasteiger partial charge in [-0.25, -0.2) is 4.79 Å². The predicted octanol–water partition coefficient (Wildman–Crippen LogP) is 0.858. The van der Waals surface area contributed by atoms with Crippen molar-refractivity contribution in [3.05, 3.63) is 35.4 Å². The molecule has 0 radical (unpaired) electrons. The summed E-state index contributed by atoms with van der Waals surface area (Å²) in [5.74, 6) is 0.638. The molecule has 0 aromatic heterocycles. The van der Waals surface area contributed by atoms with Gasteiger partial charge in [-0.1, -0.05) is 29.8 Å². The SMILES string of the molecule is CN=C(NCCN1C(=O)CNC1=O)N1CCN(Cc2cccc(C)c2)CC1.I. The molecule has 28 heavy (non-hydrogen) atoms. The first-order chi connectivity index (χ1) is 13.1. The van der Waals surface area contributed by atoms with Gasteiger partial charge in [-0.05, 0) is 12.5 Å². The van der Waals surface area contributed by atoms with Gasteiger partial charge in [0.2, 0.25) is 5.91 Å². The van der Waals surface area contributed by atoms with Crippen LogP contribution in [0, 0.1) is 6.92 Å². The Kier molecular flexibility index (Phi) is 8.49. The Labute approximate surface area is 183 Å². The number of nitrogens with zero attached hydrogens (tertiary/aromatic N) is 4. The van der Waals surface area contributed by atoms with Gasteiger partial charge in [-0.3, -0.25) is 19.6 Å². The van der Waals surface area contributed by atoms with Crippen LogP contribution in [0.15, 0.2) is 29.3 Å². The van der Waals surface area contributed by atoms with Crippen molar-refractivity contribution < 1.29 is 9.59 Å². The number of halogens is 1. The highest BCUT2D eigenvalue weighted by atomic mass is 127. The topological polar surface area (TPSA) is 80.3 Å². The van der Waals surface area contributed by atoms with Crippen molar-refractivity contribution in [2.75, 3.05) is 52.9 Å². The zero-order valence-corrected chi connectivity index (χ0v) is 18.8. The second-order valence-corrected chi connectivity index (χ2v) is 6.93. The van der Waals surface area contributed by atoms with Gasteiger partial charge < -0.3 is 15.5 Å². The molecular formula is C19H29IN6O2. The summed E-state index contributed by atoms with van der Waals surface area (Å²) in [7, 11) is 1.76. The number of amides is 3. The molecule has 2 aliphatic heterocycles. The standard InChI is InChI=1S/C19H28N6O2.HI/c1-15-4-3-5-16(12-15)14-23-8-10-24(11-9-23)18(20-2)21-6-7-25-17(26)13-22-19(25)27;/h3-5,12H,6-11,13-14H2,1-2H3,(H,20,21)(H,22,27);1H. The highest BCUT2D eigenvalue weighted by Gasteiger charge is 2.28. The van der Waals surface area contributed by atoms with E-state index in [0.29, 0.717) is 13.1 Å². The number of hydrogen-bond acceptors (Lipinski definition) is 4. The maximum Gasteiger partial charge on any atom is 0.324 e. The average Bonchev–Trinajstić information content (AvgIpc) is 2.98. The van der Waals surface area contributed by atoms with E-state index in [1.165, 1.54) is 16.0 Å². The van der Waals surface area contributed by atoms with E-state index in [1.54, 1.807) is 7.05 Å². The largest absolute Gasteiger partial charge is 0.354 e. The third kappa shape index (κ3) is 5.81. The molecule has 3 amide bonds. The van der Waals surface area contributed by atoms with E-state index in [-0.39, 0.29) is 42.5 Å². The van der Waals surface area contributed by atoms with Gasteiger partial charge in [0.05, 0.1) is 6.54 Å². The highest BCUT2D eigenvalue weighted by molar-refractivity contribution is 14.0. The van der Waals surface area contributed by atoms with Crippen LogP contribution >= 0.6 is 24.0 Å². The summed E-state index contributed by atoms with van der Waals surface area (Å²) in [6.45, 7) is 7.76. The fourth-order valence-corrected chi connectivity index (χ4v) is 3.48. The summed E-state index contributed by atoms with van der Waals surface area (Å²) in [6, 6.07) is 8.33. The summed E-state index contributed by atoms with van der Waals surface area (Å²) in [4.78, 5) is 33.4. The zero-order chi connectivity index (χ0) is 19.2. The lowest BCUT2D eigenvalue weighted by Gasteiger charge is -2.36. The molecule has 3 rings (SSSR count). The second kappa shape index (κ2) is 10.6. The number of carbonyl (C=O) groups is 2. The van der Waals surface area contributed by atoms with Crippen LogP contribution in [-0.4, -0.2) is 85.5 Å². The van der Waals surface area contributed by atoms with Crippen molar-refractivity contribution in [2.24, 2.45) is 4.99 Å². The Balaban J connectivity index is 0.00000280. The Morgan fingerprint density at radius 1 is 1.21 bits per heavy atom. The number of aliphatic imine (C=N–C) groups is 1. The second-order valence-electron chi connectivity index (χ2n) is 6.93. The predicted molar refractivity (Wildman–Crippen MR) is 120 cm³/mol. The minimum atomic E-state index is -0.318. The van der Waals surface area contributed by atoms with E-state index in [4.69, 9.17) is 0 Å². The number of piperazine rings is 1. The first-order valence-electron chi connectivity index (χ1n) is 9.38. The molecule has 154 valence electrons. The normalized spacial score (nSPS) is 18.1. The fourth-order valence-electron chi connectivity index (χ4n) is 3.48. The number of rotatable bonds is 5. The molecule has 0 spiro atoms. The van der Waals surface area contributed by atoms with Crippen LogP contribution in [0.3, 0.4) is 0 Å². The van der Waals surface area contributed by atoms with E-state index >= 15 is 0 Å². The lowest BCUT2D eigenvalue weighted by atomic mass is 10.1. The zero-order valence-electron chi connectivity index (χ0n) is 16.5. The lowest BCUT2D eigenvalue weighted by molar-refractivity contribution is -0.124. The Bertz CT molecular complexity index is 702. The molecule has 2 heterocycles.